The third kappa shape index (κ3) is 7.11. The van der Waals surface area contributed by atoms with E-state index >= 15 is 0 Å². The third-order valence-electron chi connectivity index (χ3n) is 4.86. The summed E-state index contributed by atoms with van der Waals surface area (Å²) in [5.74, 6) is 0.171. The molecule has 0 spiro atoms. The first kappa shape index (κ1) is 25.8. The van der Waals surface area contributed by atoms with Gasteiger partial charge in [-0.05, 0) is 45.4 Å². The fourth-order valence-electron chi connectivity index (χ4n) is 3.17. The summed E-state index contributed by atoms with van der Waals surface area (Å²) in [7, 11) is -1.73. The van der Waals surface area contributed by atoms with Gasteiger partial charge in [0.15, 0.2) is 6.23 Å². The van der Waals surface area contributed by atoms with Gasteiger partial charge >= 0.3 is 20.2 Å². The second-order valence-electron chi connectivity index (χ2n) is 8.28. The molecule has 3 rings (SSSR count). The highest BCUT2D eigenvalue weighted by atomic mass is 31.2. The van der Waals surface area contributed by atoms with Crippen molar-refractivity contribution in [3.05, 3.63) is 75.1 Å². The fraction of sp³-hybridized carbons (Fsp3) is 0.435. The molecular formula is C23H30N3O7P. The van der Waals surface area contributed by atoms with Crippen LogP contribution in [-0.2, 0) is 18.8 Å². The van der Waals surface area contributed by atoms with Crippen LogP contribution in [0, 0.1) is 6.92 Å². The number of hydrogen-bond donors (Lipinski definition) is 2. The Kier molecular flexibility index (Phi) is 8.79. The zero-order valence-electron chi connectivity index (χ0n) is 19.6. The molecule has 1 saturated heterocycles. The van der Waals surface area contributed by atoms with Crippen LogP contribution in [0.25, 0.3) is 0 Å². The molecule has 2 heterocycles. The second-order valence-corrected chi connectivity index (χ2v) is 9.50. The SMILES string of the molecule is C=C1CC(COP(NC(C)C(=O)OC(C)C)Oc2ccc(C)cc2)OC1n1ccc(=O)[nH]c1=O. The molecule has 4 unspecified atom stereocenters. The largest absolute Gasteiger partial charge is 0.462 e. The minimum absolute atomic E-state index is 0.129. The van der Waals surface area contributed by atoms with Crippen LogP contribution in [0.4, 0.5) is 0 Å². The number of esters is 1. The van der Waals surface area contributed by atoms with Crippen molar-refractivity contribution in [3.8, 4) is 5.75 Å². The van der Waals surface area contributed by atoms with E-state index in [1.165, 1.54) is 16.8 Å². The summed E-state index contributed by atoms with van der Waals surface area (Å²) in [6.45, 7) is 11.3. The van der Waals surface area contributed by atoms with E-state index in [1.54, 1.807) is 20.8 Å². The number of aromatic nitrogens is 2. The zero-order valence-corrected chi connectivity index (χ0v) is 20.5. The second kappa shape index (κ2) is 11.6. The van der Waals surface area contributed by atoms with Crippen LogP contribution in [0.15, 0.2) is 58.3 Å². The number of benzene rings is 1. The number of aromatic amines is 1. The van der Waals surface area contributed by atoms with E-state index < -0.39 is 44.1 Å². The number of aryl methyl sites for hydroxylation is 1. The lowest BCUT2D eigenvalue weighted by atomic mass is 10.2. The van der Waals surface area contributed by atoms with E-state index in [9.17, 15) is 14.4 Å². The van der Waals surface area contributed by atoms with Gasteiger partial charge in [-0.3, -0.25) is 19.1 Å². The van der Waals surface area contributed by atoms with Crippen LogP contribution < -0.4 is 20.9 Å². The van der Waals surface area contributed by atoms with Crippen molar-refractivity contribution in [3.63, 3.8) is 0 Å². The maximum atomic E-state index is 12.3. The summed E-state index contributed by atoms with van der Waals surface area (Å²) in [5, 5.41) is 3.05. The van der Waals surface area contributed by atoms with E-state index in [2.05, 4.69) is 16.7 Å². The molecule has 0 amide bonds. The van der Waals surface area contributed by atoms with E-state index in [4.69, 9.17) is 18.5 Å². The maximum absolute atomic E-state index is 12.3. The standard InChI is InChI=1S/C23H30N3O7P/c1-14(2)31-22(28)17(5)25-34(33-18-8-6-15(3)7-9-18)30-13-19-12-16(4)21(32-19)26-11-10-20(27)24-23(26)29/h6-11,14,17,19,21,25H,4,12-13H2,1-3,5H3,(H,24,27,29). The molecule has 4 atom stereocenters. The molecule has 10 nitrogen and oxygen atoms in total. The first-order valence-electron chi connectivity index (χ1n) is 10.9. The van der Waals surface area contributed by atoms with Gasteiger partial charge in [0.2, 0.25) is 0 Å². The van der Waals surface area contributed by atoms with Crippen LogP contribution in [0.3, 0.4) is 0 Å². The van der Waals surface area contributed by atoms with E-state index in [0.29, 0.717) is 17.7 Å². The molecule has 1 aromatic heterocycles. The van der Waals surface area contributed by atoms with E-state index in [1.807, 2.05) is 31.2 Å². The number of H-pyrrole nitrogens is 1. The van der Waals surface area contributed by atoms with Gasteiger partial charge in [0.05, 0.1) is 18.8 Å². The molecule has 2 N–H and O–H groups in total. The Balaban J connectivity index is 1.66. The van der Waals surface area contributed by atoms with Crippen LogP contribution in [-0.4, -0.2) is 40.4 Å². The van der Waals surface area contributed by atoms with Crippen LogP contribution in [0.2, 0.25) is 0 Å². The summed E-state index contributed by atoms with van der Waals surface area (Å²) in [4.78, 5) is 37.9. The first-order valence-corrected chi connectivity index (χ1v) is 12.1. The lowest BCUT2D eigenvalue weighted by Gasteiger charge is -2.23. The Bertz CT molecular complexity index is 1110. The van der Waals surface area contributed by atoms with Crippen molar-refractivity contribution in [1.29, 1.82) is 0 Å². The van der Waals surface area contributed by atoms with Gasteiger partial charge in [0, 0.05) is 18.7 Å². The quantitative estimate of drug-likeness (QED) is 0.296. The summed E-state index contributed by atoms with van der Waals surface area (Å²) >= 11 is 0. The van der Waals surface area contributed by atoms with Gasteiger partial charge in [-0.15, -0.1) is 0 Å². The van der Waals surface area contributed by atoms with Crippen molar-refractivity contribution in [2.45, 2.75) is 58.6 Å². The Morgan fingerprint density at radius 3 is 2.62 bits per heavy atom. The lowest BCUT2D eigenvalue weighted by molar-refractivity contribution is -0.149. The highest BCUT2D eigenvalue weighted by molar-refractivity contribution is 7.45. The first-order chi connectivity index (χ1) is 16.1. The molecule has 34 heavy (non-hydrogen) atoms. The van der Waals surface area contributed by atoms with Crippen molar-refractivity contribution >= 4 is 14.5 Å². The zero-order chi connectivity index (χ0) is 24.8. The van der Waals surface area contributed by atoms with Gasteiger partial charge in [-0.1, -0.05) is 24.3 Å². The number of hydrogen-bond acceptors (Lipinski definition) is 8. The number of nitrogens with one attached hydrogen (secondary N) is 2. The molecule has 0 saturated carbocycles. The van der Waals surface area contributed by atoms with Crippen molar-refractivity contribution in [2.24, 2.45) is 0 Å². The Labute approximate surface area is 198 Å². The highest BCUT2D eigenvalue weighted by Gasteiger charge is 2.32. The van der Waals surface area contributed by atoms with Crippen molar-refractivity contribution in [2.75, 3.05) is 6.61 Å². The number of carbonyl (C=O) groups is 1. The summed E-state index contributed by atoms with van der Waals surface area (Å²) in [6, 6.07) is 8.05. The molecule has 0 aliphatic carbocycles. The Hall–Kier alpha value is -2.78. The van der Waals surface area contributed by atoms with Crippen LogP contribution in [0.5, 0.6) is 5.75 Å². The third-order valence-corrected chi connectivity index (χ3v) is 6.21. The van der Waals surface area contributed by atoms with Gasteiger partial charge in [0.25, 0.3) is 5.56 Å². The minimum Gasteiger partial charge on any atom is -0.462 e. The Morgan fingerprint density at radius 1 is 1.26 bits per heavy atom. The minimum atomic E-state index is -1.73. The average Bonchev–Trinajstić information content (AvgIpc) is 3.13. The highest BCUT2D eigenvalue weighted by Crippen LogP contribution is 2.39. The normalized spacial score (nSPS) is 19.7. The predicted octanol–water partition coefficient (Wildman–Crippen LogP) is 2.94. The molecule has 1 fully saturated rings. The predicted molar refractivity (Wildman–Crippen MR) is 127 cm³/mol. The van der Waals surface area contributed by atoms with Gasteiger partial charge in [-0.2, -0.15) is 0 Å². The number of ether oxygens (including phenoxy) is 2. The molecule has 0 radical (unpaired) electrons. The smallest absolute Gasteiger partial charge is 0.330 e. The lowest BCUT2D eigenvalue weighted by Crippen LogP contribution is -2.35. The number of rotatable bonds is 10. The molecule has 1 aromatic carbocycles. The van der Waals surface area contributed by atoms with Crippen LogP contribution >= 0.6 is 8.53 Å². The monoisotopic (exact) mass is 491 g/mol. The molecule has 1 aliphatic rings. The fourth-order valence-corrected chi connectivity index (χ4v) is 4.39. The van der Waals surface area contributed by atoms with Crippen molar-refractivity contribution in [1.82, 2.24) is 14.6 Å². The van der Waals surface area contributed by atoms with Crippen molar-refractivity contribution < 1.29 is 23.3 Å². The number of carbonyl (C=O) groups excluding carboxylic acids is 1. The maximum Gasteiger partial charge on any atom is 0.330 e. The summed E-state index contributed by atoms with van der Waals surface area (Å²) in [6.07, 6.45) is 0.470. The number of nitrogens with zero attached hydrogens (tertiary/aromatic N) is 1. The van der Waals surface area contributed by atoms with Gasteiger partial charge in [-0.25, -0.2) is 9.88 Å². The van der Waals surface area contributed by atoms with E-state index in [0.717, 1.165) is 5.56 Å². The molecule has 2 aromatic rings. The van der Waals surface area contributed by atoms with Crippen LogP contribution in [0.1, 0.15) is 39.0 Å². The molecular weight excluding hydrogens is 461 g/mol. The summed E-state index contributed by atoms with van der Waals surface area (Å²) in [5.41, 5.74) is 0.693. The molecule has 0 bridgehead atoms. The topological polar surface area (TPSA) is 121 Å². The average molecular weight is 491 g/mol. The van der Waals surface area contributed by atoms with Gasteiger partial charge < -0.3 is 18.5 Å². The molecule has 184 valence electrons. The molecule has 11 heteroatoms. The van der Waals surface area contributed by atoms with Gasteiger partial charge in [0.1, 0.15) is 11.8 Å². The molecule has 1 aliphatic heterocycles. The Morgan fingerprint density at radius 2 is 1.97 bits per heavy atom. The summed E-state index contributed by atoms with van der Waals surface area (Å²) < 4.78 is 24.4. The van der Waals surface area contributed by atoms with E-state index in [-0.39, 0.29) is 12.7 Å².